The van der Waals surface area contributed by atoms with Crippen LogP contribution in [0.5, 0.6) is 0 Å². The fraction of sp³-hybridized carbons (Fsp3) is 0.609. The van der Waals surface area contributed by atoms with Crippen LogP contribution >= 0.6 is 0 Å². The predicted octanol–water partition coefficient (Wildman–Crippen LogP) is 1.28. The Morgan fingerprint density at radius 3 is 2.71 bits per heavy atom. The number of amides is 3. The first-order chi connectivity index (χ1) is 14.8. The molecular formula is C23H31N3O5. The number of hydrogen-bond acceptors (Lipinski definition) is 5. The molecule has 2 heterocycles. The molecule has 1 aromatic rings. The van der Waals surface area contributed by atoms with Gasteiger partial charge in [0.2, 0.25) is 11.8 Å². The minimum absolute atomic E-state index is 0.0156. The Kier molecular flexibility index (Phi) is 5.92. The van der Waals surface area contributed by atoms with Crippen molar-refractivity contribution in [3.8, 4) is 0 Å². The summed E-state index contributed by atoms with van der Waals surface area (Å²) in [5.41, 5.74) is 0.870. The van der Waals surface area contributed by atoms with Gasteiger partial charge < -0.3 is 20.5 Å². The molecule has 0 aromatic heterocycles. The van der Waals surface area contributed by atoms with Crippen molar-refractivity contribution >= 4 is 17.9 Å². The number of hydrogen-bond donors (Lipinski definition) is 3. The molecule has 2 saturated heterocycles. The standard InChI is InChI=1S/C23H31N3O5/c1-23(2)17-11-26(22(30)31-13-14-6-4-3-5-7-14)19(18(17)23)21(29)25-16(12-27)10-15-8-9-24-20(15)28/h3-7,15-19,27H,8-13H2,1-2H3,(H,24,28)(H,25,29). The van der Waals surface area contributed by atoms with Gasteiger partial charge in [-0.2, -0.15) is 0 Å². The van der Waals surface area contributed by atoms with E-state index < -0.39 is 18.2 Å². The molecule has 1 aromatic carbocycles. The number of piperidine rings is 1. The molecule has 5 atom stereocenters. The third kappa shape index (κ3) is 4.26. The van der Waals surface area contributed by atoms with Gasteiger partial charge in [-0.25, -0.2) is 4.79 Å². The molecule has 1 aliphatic carbocycles. The zero-order chi connectivity index (χ0) is 22.2. The smallest absolute Gasteiger partial charge is 0.410 e. The first kappa shape index (κ1) is 21.6. The molecule has 0 spiro atoms. The third-order valence-corrected chi connectivity index (χ3v) is 7.22. The number of carbonyl (C=O) groups is 3. The van der Waals surface area contributed by atoms with Crippen molar-refractivity contribution in [2.45, 2.75) is 45.4 Å². The molecule has 2 aliphatic heterocycles. The summed E-state index contributed by atoms with van der Waals surface area (Å²) in [5, 5.41) is 15.4. The van der Waals surface area contributed by atoms with Gasteiger partial charge in [-0.3, -0.25) is 14.5 Å². The SMILES string of the molecule is CC1(C)C2CN(C(=O)OCc3ccccc3)C(C(=O)NC(CO)CC3CCNC3=O)C21. The van der Waals surface area contributed by atoms with Crippen LogP contribution in [-0.2, 0) is 20.9 Å². The van der Waals surface area contributed by atoms with E-state index >= 15 is 0 Å². The minimum atomic E-state index is -0.630. The van der Waals surface area contributed by atoms with Gasteiger partial charge in [0.25, 0.3) is 0 Å². The number of aliphatic hydroxyl groups excluding tert-OH is 1. The predicted molar refractivity (Wildman–Crippen MR) is 113 cm³/mol. The number of aliphatic hydroxyl groups is 1. The maximum absolute atomic E-state index is 13.2. The van der Waals surface area contributed by atoms with Crippen LogP contribution in [0.3, 0.4) is 0 Å². The Balaban J connectivity index is 1.40. The number of carbonyl (C=O) groups excluding carboxylic acids is 3. The van der Waals surface area contributed by atoms with Crippen LogP contribution in [-0.4, -0.2) is 59.7 Å². The average Bonchev–Trinajstić information content (AvgIpc) is 3.13. The van der Waals surface area contributed by atoms with Gasteiger partial charge in [0.15, 0.2) is 0 Å². The first-order valence-electron chi connectivity index (χ1n) is 11.0. The molecule has 31 heavy (non-hydrogen) atoms. The molecule has 8 heteroatoms. The van der Waals surface area contributed by atoms with Gasteiger partial charge in [-0.1, -0.05) is 44.2 Å². The van der Waals surface area contributed by atoms with Gasteiger partial charge in [-0.15, -0.1) is 0 Å². The van der Waals surface area contributed by atoms with E-state index in [1.54, 1.807) is 0 Å². The van der Waals surface area contributed by atoms with Crippen molar-refractivity contribution in [2.24, 2.45) is 23.2 Å². The second-order valence-electron chi connectivity index (χ2n) is 9.49. The van der Waals surface area contributed by atoms with E-state index in [4.69, 9.17) is 4.74 Å². The van der Waals surface area contributed by atoms with Crippen LogP contribution in [0.25, 0.3) is 0 Å². The minimum Gasteiger partial charge on any atom is -0.445 e. The van der Waals surface area contributed by atoms with Gasteiger partial charge in [0, 0.05) is 19.0 Å². The molecule has 5 unspecified atom stereocenters. The first-order valence-corrected chi connectivity index (χ1v) is 11.0. The van der Waals surface area contributed by atoms with Crippen molar-refractivity contribution in [1.29, 1.82) is 0 Å². The molecule has 3 aliphatic rings. The lowest BCUT2D eigenvalue weighted by Gasteiger charge is -2.30. The van der Waals surface area contributed by atoms with Gasteiger partial charge >= 0.3 is 6.09 Å². The van der Waals surface area contributed by atoms with Crippen molar-refractivity contribution in [3.05, 3.63) is 35.9 Å². The van der Waals surface area contributed by atoms with Crippen molar-refractivity contribution in [2.75, 3.05) is 19.7 Å². The highest BCUT2D eigenvalue weighted by Gasteiger charge is 2.69. The lowest BCUT2D eigenvalue weighted by atomic mass is 9.97. The van der Waals surface area contributed by atoms with Crippen LogP contribution < -0.4 is 10.6 Å². The Bertz CT molecular complexity index is 843. The molecule has 8 nitrogen and oxygen atoms in total. The maximum Gasteiger partial charge on any atom is 0.410 e. The zero-order valence-corrected chi connectivity index (χ0v) is 18.0. The number of nitrogens with one attached hydrogen (secondary N) is 2. The van der Waals surface area contributed by atoms with Crippen LogP contribution in [0.15, 0.2) is 30.3 Å². The summed E-state index contributed by atoms with van der Waals surface area (Å²) in [7, 11) is 0. The Hall–Kier alpha value is -2.61. The molecule has 168 valence electrons. The molecular weight excluding hydrogens is 398 g/mol. The van der Waals surface area contributed by atoms with E-state index in [2.05, 4.69) is 24.5 Å². The van der Waals surface area contributed by atoms with Crippen molar-refractivity contribution in [1.82, 2.24) is 15.5 Å². The third-order valence-electron chi connectivity index (χ3n) is 7.22. The molecule has 3 amide bonds. The Morgan fingerprint density at radius 1 is 1.32 bits per heavy atom. The summed E-state index contributed by atoms with van der Waals surface area (Å²) in [6.07, 6.45) is 0.587. The van der Waals surface area contributed by atoms with Gasteiger partial charge in [-0.05, 0) is 35.7 Å². The summed E-state index contributed by atoms with van der Waals surface area (Å²) >= 11 is 0. The molecule has 4 rings (SSSR count). The highest BCUT2D eigenvalue weighted by molar-refractivity contribution is 5.88. The highest BCUT2D eigenvalue weighted by atomic mass is 16.6. The molecule has 3 N–H and O–H groups in total. The maximum atomic E-state index is 13.2. The topological polar surface area (TPSA) is 108 Å². The van der Waals surface area contributed by atoms with E-state index in [1.807, 2.05) is 30.3 Å². The number of benzene rings is 1. The van der Waals surface area contributed by atoms with Crippen LogP contribution in [0.4, 0.5) is 4.79 Å². The lowest BCUT2D eigenvalue weighted by molar-refractivity contribution is -0.128. The normalized spacial score (nSPS) is 29.1. The second kappa shape index (κ2) is 8.49. The monoisotopic (exact) mass is 429 g/mol. The molecule has 0 radical (unpaired) electrons. The number of fused-ring (bicyclic) bond motifs is 1. The number of nitrogens with zero attached hydrogens (tertiary/aromatic N) is 1. The second-order valence-corrected chi connectivity index (χ2v) is 9.49. The molecule has 3 fully saturated rings. The number of ether oxygens (including phenoxy) is 1. The summed E-state index contributed by atoms with van der Waals surface area (Å²) in [5.74, 6) is -0.222. The summed E-state index contributed by atoms with van der Waals surface area (Å²) in [4.78, 5) is 39.4. The van der Waals surface area contributed by atoms with E-state index in [1.165, 1.54) is 4.90 Å². The van der Waals surface area contributed by atoms with Crippen LogP contribution in [0, 0.1) is 23.2 Å². The molecule has 0 bridgehead atoms. The van der Waals surface area contributed by atoms with E-state index in [0.717, 1.165) is 5.56 Å². The van der Waals surface area contributed by atoms with Gasteiger partial charge in [0.1, 0.15) is 12.6 Å². The molecule has 1 saturated carbocycles. The Morgan fingerprint density at radius 2 is 2.06 bits per heavy atom. The lowest BCUT2D eigenvalue weighted by Crippen LogP contribution is -2.53. The summed E-state index contributed by atoms with van der Waals surface area (Å²) < 4.78 is 5.49. The van der Waals surface area contributed by atoms with Crippen LogP contribution in [0.2, 0.25) is 0 Å². The highest BCUT2D eigenvalue weighted by Crippen LogP contribution is 2.64. The number of rotatable bonds is 7. The fourth-order valence-corrected chi connectivity index (χ4v) is 5.26. The van der Waals surface area contributed by atoms with Crippen molar-refractivity contribution in [3.63, 3.8) is 0 Å². The van der Waals surface area contributed by atoms with E-state index in [-0.39, 0.29) is 48.2 Å². The van der Waals surface area contributed by atoms with Crippen molar-refractivity contribution < 1.29 is 24.2 Å². The fourth-order valence-electron chi connectivity index (χ4n) is 5.26. The van der Waals surface area contributed by atoms with E-state index in [9.17, 15) is 19.5 Å². The van der Waals surface area contributed by atoms with Gasteiger partial charge in [0.05, 0.1) is 12.6 Å². The quantitative estimate of drug-likeness (QED) is 0.605. The zero-order valence-electron chi connectivity index (χ0n) is 18.0. The number of likely N-dealkylation sites (tertiary alicyclic amines) is 1. The Labute approximate surface area is 182 Å². The van der Waals surface area contributed by atoms with Crippen LogP contribution in [0.1, 0.15) is 32.3 Å². The van der Waals surface area contributed by atoms with E-state index in [0.29, 0.717) is 25.9 Å². The summed E-state index contributed by atoms with van der Waals surface area (Å²) in [6, 6.07) is 8.27. The largest absolute Gasteiger partial charge is 0.445 e. The summed E-state index contributed by atoms with van der Waals surface area (Å²) in [6.45, 7) is 5.23. The average molecular weight is 430 g/mol.